The quantitative estimate of drug-likeness (QED) is 0.882. The Morgan fingerprint density at radius 1 is 1.33 bits per heavy atom. The van der Waals surface area contributed by atoms with Crippen LogP contribution in [0.2, 0.25) is 0 Å². The van der Waals surface area contributed by atoms with E-state index in [-0.39, 0.29) is 0 Å². The zero-order valence-electron chi connectivity index (χ0n) is 12.2. The third kappa shape index (κ3) is 2.93. The van der Waals surface area contributed by atoms with Crippen LogP contribution in [-0.2, 0) is 0 Å². The van der Waals surface area contributed by atoms with E-state index in [1.165, 1.54) is 36.1 Å². The van der Waals surface area contributed by atoms with Crippen molar-refractivity contribution in [2.45, 2.75) is 45.7 Å². The lowest BCUT2D eigenvalue weighted by Crippen LogP contribution is -2.45. The lowest BCUT2D eigenvalue weighted by atomic mass is 9.97. The molecule has 2 atom stereocenters. The van der Waals surface area contributed by atoms with Gasteiger partial charge in [0.1, 0.15) is 0 Å². The van der Waals surface area contributed by atoms with Crippen molar-refractivity contribution >= 4 is 0 Å². The van der Waals surface area contributed by atoms with Crippen molar-refractivity contribution < 1.29 is 0 Å². The van der Waals surface area contributed by atoms with E-state index in [4.69, 9.17) is 0 Å². The highest BCUT2D eigenvalue weighted by Gasteiger charge is 2.23. The highest BCUT2D eigenvalue weighted by atomic mass is 15.2. The van der Waals surface area contributed by atoms with E-state index < -0.39 is 0 Å². The monoisotopic (exact) mass is 246 g/mol. The number of piperidine rings is 1. The molecule has 2 rings (SSSR count). The first kappa shape index (κ1) is 13.6. The highest BCUT2D eigenvalue weighted by Crippen LogP contribution is 2.26. The van der Waals surface area contributed by atoms with Crippen molar-refractivity contribution in [1.82, 2.24) is 10.2 Å². The molecule has 0 bridgehead atoms. The maximum Gasteiger partial charge on any atom is 0.0322 e. The maximum atomic E-state index is 3.50. The van der Waals surface area contributed by atoms with Crippen LogP contribution in [0.3, 0.4) is 0 Å². The zero-order valence-corrected chi connectivity index (χ0v) is 12.2. The molecule has 1 N–H and O–H groups in total. The third-order valence-corrected chi connectivity index (χ3v) is 4.33. The number of aryl methyl sites for hydroxylation is 2. The first-order valence-corrected chi connectivity index (χ1v) is 7.09. The molecule has 1 aromatic rings. The van der Waals surface area contributed by atoms with Gasteiger partial charge in [-0.1, -0.05) is 23.8 Å². The molecule has 1 aliphatic rings. The van der Waals surface area contributed by atoms with Crippen LogP contribution in [0.1, 0.15) is 42.5 Å². The number of benzene rings is 1. The normalized spacial score (nSPS) is 22.2. The summed E-state index contributed by atoms with van der Waals surface area (Å²) < 4.78 is 0. The summed E-state index contributed by atoms with van der Waals surface area (Å²) in [5.41, 5.74) is 4.23. The molecular weight excluding hydrogens is 220 g/mol. The summed E-state index contributed by atoms with van der Waals surface area (Å²) >= 11 is 0. The van der Waals surface area contributed by atoms with Crippen molar-refractivity contribution in [2.24, 2.45) is 0 Å². The van der Waals surface area contributed by atoms with Crippen molar-refractivity contribution in [3.8, 4) is 0 Å². The minimum atomic E-state index is 0.496. The summed E-state index contributed by atoms with van der Waals surface area (Å²) in [6.45, 7) is 9.03. The van der Waals surface area contributed by atoms with Crippen LogP contribution in [0.25, 0.3) is 0 Å². The second-order valence-corrected chi connectivity index (χ2v) is 5.70. The van der Waals surface area contributed by atoms with E-state index in [9.17, 15) is 0 Å². The summed E-state index contributed by atoms with van der Waals surface area (Å²) in [5.74, 6) is 0. The minimum absolute atomic E-state index is 0.496. The SMILES string of the molecule is Cc1ccc(C(C)N(C)C2CCCNC2)c(C)c1. The molecule has 1 aliphatic heterocycles. The minimum Gasteiger partial charge on any atom is -0.315 e. The second-order valence-electron chi connectivity index (χ2n) is 5.70. The molecule has 1 heterocycles. The Labute approximate surface area is 111 Å². The Morgan fingerprint density at radius 2 is 2.11 bits per heavy atom. The Hall–Kier alpha value is -0.860. The van der Waals surface area contributed by atoms with Gasteiger partial charge in [-0.15, -0.1) is 0 Å². The molecule has 0 aromatic heterocycles. The molecule has 0 amide bonds. The summed E-state index contributed by atoms with van der Waals surface area (Å²) in [5, 5.41) is 3.50. The average Bonchev–Trinajstić information content (AvgIpc) is 2.38. The topological polar surface area (TPSA) is 15.3 Å². The number of hydrogen-bond donors (Lipinski definition) is 1. The van der Waals surface area contributed by atoms with Crippen LogP contribution in [0.15, 0.2) is 18.2 Å². The van der Waals surface area contributed by atoms with Gasteiger partial charge in [-0.25, -0.2) is 0 Å². The van der Waals surface area contributed by atoms with E-state index in [1.54, 1.807) is 0 Å². The van der Waals surface area contributed by atoms with Gasteiger partial charge in [-0.3, -0.25) is 4.90 Å². The van der Waals surface area contributed by atoms with Crippen molar-refractivity contribution in [3.63, 3.8) is 0 Å². The molecule has 18 heavy (non-hydrogen) atoms. The van der Waals surface area contributed by atoms with Crippen molar-refractivity contribution in [3.05, 3.63) is 34.9 Å². The first-order valence-electron chi connectivity index (χ1n) is 7.09. The first-order chi connectivity index (χ1) is 8.59. The second kappa shape index (κ2) is 5.85. The van der Waals surface area contributed by atoms with Gasteiger partial charge in [0.25, 0.3) is 0 Å². The number of hydrogen-bond acceptors (Lipinski definition) is 2. The number of rotatable bonds is 3. The summed E-state index contributed by atoms with van der Waals surface area (Å²) in [4.78, 5) is 2.53. The average molecular weight is 246 g/mol. The van der Waals surface area contributed by atoms with Gasteiger partial charge in [0, 0.05) is 18.6 Å². The van der Waals surface area contributed by atoms with E-state index >= 15 is 0 Å². The lowest BCUT2D eigenvalue weighted by Gasteiger charge is -2.36. The molecule has 1 fully saturated rings. The van der Waals surface area contributed by atoms with Crippen LogP contribution < -0.4 is 5.32 Å². The number of likely N-dealkylation sites (N-methyl/N-ethyl adjacent to an activating group) is 1. The molecular formula is C16H26N2. The molecule has 100 valence electrons. The lowest BCUT2D eigenvalue weighted by molar-refractivity contribution is 0.156. The fourth-order valence-electron chi connectivity index (χ4n) is 3.01. The number of nitrogens with one attached hydrogen (secondary N) is 1. The van der Waals surface area contributed by atoms with Crippen molar-refractivity contribution in [2.75, 3.05) is 20.1 Å². The fraction of sp³-hybridized carbons (Fsp3) is 0.625. The summed E-state index contributed by atoms with van der Waals surface area (Å²) in [6.07, 6.45) is 2.62. The van der Waals surface area contributed by atoms with E-state index in [1.807, 2.05) is 0 Å². The van der Waals surface area contributed by atoms with Gasteiger partial charge in [-0.2, -0.15) is 0 Å². The Balaban J connectivity index is 2.11. The fourth-order valence-corrected chi connectivity index (χ4v) is 3.01. The van der Waals surface area contributed by atoms with Crippen LogP contribution in [0, 0.1) is 13.8 Å². The predicted molar refractivity (Wildman–Crippen MR) is 78.0 cm³/mol. The van der Waals surface area contributed by atoms with Crippen molar-refractivity contribution in [1.29, 1.82) is 0 Å². The smallest absolute Gasteiger partial charge is 0.0322 e. The Kier molecular flexibility index (Phi) is 4.41. The van der Waals surface area contributed by atoms with Crippen LogP contribution in [-0.4, -0.2) is 31.1 Å². The van der Waals surface area contributed by atoms with Gasteiger partial charge < -0.3 is 5.32 Å². The third-order valence-electron chi connectivity index (χ3n) is 4.33. The maximum absolute atomic E-state index is 3.50. The highest BCUT2D eigenvalue weighted by molar-refractivity contribution is 5.32. The molecule has 2 heteroatoms. The van der Waals surface area contributed by atoms with Crippen LogP contribution >= 0.6 is 0 Å². The van der Waals surface area contributed by atoms with Crippen LogP contribution in [0.5, 0.6) is 0 Å². The zero-order chi connectivity index (χ0) is 13.1. The van der Waals surface area contributed by atoms with Gasteiger partial charge in [-0.05, 0) is 58.3 Å². The van der Waals surface area contributed by atoms with Gasteiger partial charge in [0.05, 0.1) is 0 Å². The summed E-state index contributed by atoms with van der Waals surface area (Å²) in [6, 6.07) is 7.98. The predicted octanol–water partition coefficient (Wildman–Crippen LogP) is 3.05. The molecule has 2 nitrogen and oxygen atoms in total. The van der Waals surface area contributed by atoms with Crippen LogP contribution in [0.4, 0.5) is 0 Å². The molecule has 2 unspecified atom stereocenters. The molecule has 1 aromatic carbocycles. The molecule has 0 aliphatic carbocycles. The molecule has 0 radical (unpaired) electrons. The van der Waals surface area contributed by atoms with Gasteiger partial charge >= 0.3 is 0 Å². The standard InChI is InChI=1S/C16H26N2/c1-12-7-8-16(13(2)10-12)14(3)18(4)15-6-5-9-17-11-15/h7-8,10,14-15,17H,5-6,9,11H2,1-4H3. The van der Waals surface area contributed by atoms with E-state index in [2.05, 4.69) is 56.2 Å². The molecule has 0 spiro atoms. The Bertz CT molecular complexity index is 394. The molecule has 0 saturated carbocycles. The van der Waals surface area contributed by atoms with Gasteiger partial charge in [0.2, 0.25) is 0 Å². The Morgan fingerprint density at radius 3 is 2.72 bits per heavy atom. The van der Waals surface area contributed by atoms with E-state index in [0.29, 0.717) is 12.1 Å². The van der Waals surface area contributed by atoms with E-state index in [0.717, 1.165) is 6.54 Å². The number of nitrogens with zero attached hydrogens (tertiary/aromatic N) is 1. The largest absolute Gasteiger partial charge is 0.315 e. The van der Waals surface area contributed by atoms with Gasteiger partial charge in [0.15, 0.2) is 0 Å². The summed E-state index contributed by atoms with van der Waals surface area (Å²) in [7, 11) is 2.27. The molecule has 1 saturated heterocycles.